The molecule has 0 radical (unpaired) electrons. The van der Waals surface area contributed by atoms with E-state index in [0.29, 0.717) is 12.0 Å². The van der Waals surface area contributed by atoms with Crippen LogP contribution in [0.15, 0.2) is 54.4 Å². The van der Waals surface area contributed by atoms with E-state index in [0.717, 1.165) is 49.5 Å². The van der Waals surface area contributed by atoms with Gasteiger partial charge in [0.2, 0.25) is 0 Å². The predicted octanol–water partition coefficient (Wildman–Crippen LogP) is 10.1. The Morgan fingerprint density at radius 2 is 1.33 bits per heavy atom. The predicted molar refractivity (Wildman–Crippen MR) is 138 cm³/mol. The molecule has 3 rings (SSSR count). The third kappa shape index (κ3) is 8.09. The van der Waals surface area contributed by atoms with Crippen LogP contribution in [0.25, 0.3) is 5.83 Å². The van der Waals surface area contributed by atoms with Crippen LogP contribution in [0.1, 0.15) is 113 Å². The average molecular weight is 453 g/mol. The highest BCUT2D eigenvalue weighted by atomic mass is 19.2. The first kappa shape index (κ1) is 25.7. The molecule has 33 heavy (non-hydrogen) atoms. The molecule has 2 aromatic carbocycles. The van der Waals surface area contributed by atoms with E-state index in [1.165, 1.54) is 49.7 Å². The summed E-state index contributed by atoms with van der Waals surface area (Å²) in [5, 5.41) is 0. The third-order valence-electron chi connectivity index (χ3n) is 7.39. The second kappa shape index (κ2) is 13.7. The minimum atomic E-state index is -0.697. The first-order valence-electron chi connectivity index (χ1n) is 13.3. The molecule has 0 unspecified atom stereocenters. The molecule has 1 aliphatic rings. The number of allylic oxidation sites excluding steroid dienone is 1. The fraction of sp³-hybridized carbons (Fsp3) is 0.548. The van der Waals surface area contributed by atoms with E-state index in [-0.39, 0.29) is 6.42 Å². The third-order valence-corrected chi connectivity index (χ3v) is 7.39. The van der Waals surface area contributed by atoms with Crippen LogP contribution in [0.4, 0.5) is 8.78 Å². The normalized spacial score (nSPS) is 19.4. The van der Waals surface area contributed by atoms with Crippen LogP contribution in [0.2, 0.25) is 0 Å². The summed E-state index contributed by atoms with van der Waals surface area (Å²) in [6.07, 6.45) is 14.1. The van der Waals surface area contributed by atoms with Crippen LogP contribution in [-0.2, 0) is 12.8 Å². The first-order valence-corrected chi connectivity index (χ1v) is 13.3. The van der Waals surface area contributed by atoms with Crippen LogP contribution >= 0.6 is 0 Å². The summed E-state index contributed by atoms with van der Waals surface area (Å²) in [5.41, 5.74) is 4.35. The van der Waals surface area contributed by atoms with Gasteiger partial charge in [-0.05, 0) is 73.5 Å². The zero-order chi connectivity index (χ0) is 23.5. The second-order valence-electron chi connectivity index (χ2n) is 9.97. The number of rotatable bonds is 12. The van der Waals surface area contributed by atoms with Gasteiger partial charge in [0.15, 0.2) is 5.83 Å². The van der Waals surface area contributed by atoms with Crippen LogP contribution in [0.5, 0.6) is 0 Å². The van der Waals surface area contributed by atoms with Crippen molar-refractivity contribution in [3.8, 4) is 0 Å². The minimum Gasteiger partial charge on any atom is -0.209 e. The van der Waals surface area contributed by atoms with Gasteiger partial charge in [0, 0.05) is 12.0 Å². The van der Waals surface area contributed by atoms with E-state index in [9.17, 15) is 8.78 Å². The molecule has 180 valence electrons. The van der Waals surface area contributed by atoms with Gasteiger partial charge in [-0.1, -0.05) is 94.5 Å². The molecule has 0 spiro atoms. The van der Waals surface area contributed by atoms with Gasteiger partial charge in [0.1, 0.15) is 5.83 Å². The van der Waals surface area contributed by atoms with Crippen molar-refractivity contribution in [3.63, 3.8) is 0 Å². The van der Waals surface area contributed by atoms with Crippen molar-refractivity contribution >= 4 is 5.83 Å². The van der Waals surface area contributed by atoms with Gasteiger partial charge < -0.3 is 0 Å². The molecule has 2 aromatic rings. The van der Waals surface area contributed by atoms with E-state index < -0.39 is 11.7 Å². The summed E-state index contributed by atoms with van der Waals surface area (Å²) < 4.78 is 28.5. The molecule has 0 atom stereocenters. The molecule has 0 nitrogen and oxygen atoms in total. The molecule has 1 fully saturated rings. The lowest BCUT2D eigenvalue weighted by atomic mass is 9.77. The maximum atomic E-state index is 14.4. The Labute approximate surface area is 200 Å². The van der Waals surface area contributed by atoms with Gasteiger partial charge in [0.05, 0.1) is 0 Å². The Morgan fingerprint density at radius 3 is 1.91 bits per heavy atom. The van der Waals surface area contributed by atoms with Crippen molar-refractivity contribution in [2.45, 2.75) is 103 Å². The molecule has 1 saturated carbocycles. The van der Waals surface area contributed by atoms with Gasteiger partial charge >= 0.3 is 0 Å². The standard InChI is InChI=1S/C31H42F2/c1-3-5-6-7-9-30(32)31(33)29-22-16-26(17-23-29)11-10-25-14-20-28(21-15-25)27-18-12-24(8-4-2)13-19-27/h14-17,20-24,27H,3-13,18-19H2,1-2H3/b31-30-. The Bertz CT molecular complexity index is 839. The van der Waals surface area contributed by atoms with E-state index in [1.54, 1.807) is 12.1 Å². The van der Waals surface area contributed by atoms with Crippen LogP contribution in [-0.4, -0.2) is 0 Å². The van der Waals surface area contributed by atoms with E-state index in [2.05, 4.69) is 38.1 Å². The number of hydrogen-bond acceptors (Lipinski definition) is 0. The maximum absolute atomic E-state index is 14.4. The highest BCUT2D eigenvalue weighted by Gasteiger charge is 2.21. The maximum Gasteiger partial charge on any atom is 0.161 e. The van der Waals surface area contributed by atoms with Crippen molar-refractivity contribution < 1.29 is 8.78 Å². The Hall–Kier alpha value is -1.96. The van der Waals surface area contributed by atoms with E-state index >= 15 is 0 Å². The average Bonchev–Trinajstić information content (AvgIpc) is 2.86. The van der Waals surface area contributed by atoms with Crippen molar-refractivity contribution in [3.05, 3.63) is 76.6 Å². The Morgan fingerprint density at radius 1 is 0.727 bits per heavy atom. The van der Waals surface area contributed by atoms with Crippen LogP contribution < -0.4 is 0 Å². The fourth-order valence-electron chi connectivity index (χ4n) is 5.23. The Balaban J connectivity index is 1.47. The molecule has 0 bridgehead atoms. The highest BCUT2D eigenvalue weighted by molar-refractivity contribution is 5.61. The molecule has 0 aromatic heterocycles. The van der Waals surface area contributed by atoms with Gasteiger partial charge in [-0.3, -0.25) is 0 Å². The highest BCUT2D eigenvalue weighted by Crippen LogP contribution is 2.37. The molecule has 1 aliphatic carbocycles. The number of halogens is 2. The topological polar surface area (TPSA) is 0 Å². The molecule has 0 heterocycles. The summed E-state index contributed by atoms with van der Waals surface area (Å²) in [6, 6.07) is 16.5. The van der Waals surface area contributed by atoms with Gasteiger partial charge in [-0.2, -0.15) is 0 Å². The summed E-state index contributed by atoms with van der Waals surface area (Å²) in [7, 11) is 0. The monoisotopic (exact) mass is 452 g/mol. The van der Waals surface area contributed by atoms with Crippen LogP contribution in [0, 0.1) is 5.92 Å². The minimum absolute atomic E-state index is 0.198. The van der Waals surface area contributed by atoms with Gasteiger partial charge in [-0.15, -0.1) is 0 Å². The fourth-order valence-corrected chi connectivity index (χ4v) is 5.23. The summed E-state index contributed by atoms with van der Waals surface area (Å²) in [5.74, 6) is 0.369. The molecule has 2 heteroatoms. The largest absolute Gasteiger partial charge is 0.209 e. The first-order chi connectivity index (χ1) is 16.1. The van der Waals surface area contributed by atoms with Gasteiger partial charge in [-0.25, -0.2) is 8.78 Å². The Kier molecular flexibility index (Phi) is 10.6. The van der Waals surface area contributed by atoms with Gasteiger partial charge in [0.25, 0.3) is 0 Å². The molecular weight excluding hydrogens is 410 g/mol. The van der Waals surface area contributed by atoms with Crippen molar-refractivity contribution in [2.24, 2.45) is 5.92 Å². The zero-order valence-electron chi connectivity index (χ0n) is 20.7. The smallest absolute Gasteiger partial charge is 0.161 e. The van der Waals surface area contributed by atoms with Crippen molar-refractivity contribution in [2.75, 3.05) is 0 Å². The summed E-state index contributed by atoms with van der Waals surface area (Å²) in [6.45, 7) is 4.41. The van der Waals surface area contributed by atoms with E-state index in [4.69, 9.17) is 0 Å². The second-order valence-corrected chi connectivity index (χ2v) is 9.97. The quantitative estimate of drug-likeness (QED) is 0.281. The van der Waals surface area contributed by atoms with Crippen molar-refractivity contribution in [1.82, 2.24) is 0 Å². The number of hydrogen-bond donors (Lipinski definition) is 0. The lowest BCUT2D eigenvalue weighted by Gasteiger charge is -2.28. The van der Waals surface area contributed by atoms with Crippen LogP contribution in [0.3, 0.4) is 0 Å². The zero-order valence-corrected chi connectivity index (χ0v) is 20.7. The molecule has 0 aliphatic heterocycles. The number of aryl methyl sites for hydroxylation is 2. The lowest BCUT2D eigenvalue weighted by Crippen LogP contribution is -2.13. The molecular formula is C31H42F2. The summed E-state index contributed by atoms with van der Waals surface area (Å²) >= 11 is 0. The lowest BCUT2D eigenvalue weighted by molar-refractivity contribution is 0.308. The van der Waals surface area contributed by atoms with Crippen molar-refractivity contribution in [1.29, 1.82) is 0 Å². The summed E-state index contributed by atoms with van der Waals surface area (Å²) in [4.78, 5) is 0. The SMILES string of the molecule is CCCCCC/C(F)=C(/F)c1ccc(CCc2ccc(C3CCC(CCC)CC3)cc2)cc1. The number of benzene rings is 2. The molecule has 0 amide bonds. The number of unbranched alkanes of at least 4 members (excludes halogenated alkanes) is 3. The molecule has 0 N–H and O–H groups in total. The molecule has 0 saturated heterocycles. The van der Waals surface area contributed by atoms with E-state index in [1.807, 2.05) is 12.1 Å².